The summed E-state index contributed by atoms with van der Waals surface area (Å²) in [5.41, 5.74) is -0.550. The summed E-state index contributed by atoms with van der Waals surface area (Å²) in [5, 5.41) is 0. The second-order valence-corrected chi connectivity index (χ2v) is 8.03. The van der Waals surface area contributed by atoms with Gasteiger partial charge in [-0.25, -0.2) is 8.42 Å². The minimum atomic E-state index is -3.15. The second-order valence-electron chi connectivity index (χ2n) is 5.25. The van der Waals surface area contributed by atoms with Gasteiger partial charge in [0.2, 0.25) is 0 Å². The van der Waals surface area contributed by atoms with Gasteiger partial charge in [0.25, 0.3) is 0 Å². The van der Waals surface area contributed by atoms with Crippen LogP contribution in [0.3, 0.4) is 0 Å². The van der Waals surface area contributed by atoms with Crippen molar-refractivity contribution < 1.29 is 8.42 Å². The van der Waals surface area contributed by atoms with Gasteiger partial charge in [0.1, 0.15) is 4.71 Å². The van der Waals surface area contributed by atoms with E-state index in [2.05, 4.69) is 6.08 Å². The van der Waals surface area contributed by atoms with Gasteiger partial charge in [0.15, 0.2) is 9.84 Å². The highest BCUT2D eigenvalue weighted by atomic mass is 35.5. The zero-order valence-corrected chi connectivity index (χ0v) is 10.6. The number of rotatable bonds is 0. The summed E-state index contributed by atoms with van der Waals surface area (Å²) in [6, 6.07) is 0. The van der Waals surface area contributed by atoms with Crippen molar-refractivity contribution in [2.45, 2.75) is 30.4 Å². The quantitative estimate of drug-likeness (QED) is 0.626. The Kier molecular flexibility index (Phi) is 2.13. The van der Waals surface area contributed by atoms with Gasteiger partial charge in [-0.3, -0.25) is 0 Å². The van der Waals surface area contributed by atoms with E-state index in [1.54, 1.807) is 0 Å². The predicted molar refractivity (Wildman–Crippen MR) is 65.0 cm³/mol. The standard InChI is InChI=1S/C12H15ClO2S/c13-10-12-7-3-1-5-11(12,6-2-4-8-12)9-16(10,14)15/h1,3,5,7,10H,2,4,6,8-9H2/t10-,11+,12-/m0/s1. The van der Waals surface area contributed by atoms with Crippen LogP contribution in [0.1, 0.15) is 25.7 Å². The Morgan fingerprint density at radius 1 is 1.12 bits per heavy atom. The fourth-order valence-corrected chi connectivity index (χ4v) is 6.75. The van der Waals surface area contributed by atoms with Crippen LogP contribution in [-0.2, 0) is 9.84 Å². The third kappa shape index (κ3) is 1.11. The Labute approximate surface area is 101 Å². The average molecular weight is 259 g/mol. The Morgan fingerprint density at radius 2 is 1.81 bits per heavy atom. The van der Waals surface area contributed by atoms with E-state index in [4.69, 9.17) is 11.6 Å². The number of sulfone groups is 1. The molecule has 1 saturated carbocycles. The van der Waals surface area contributed by atoms with Crippen molar-refractivity contribution in [3.63, 3.8) is 0 Å². The monoisotopic (exact) mass is 258 g/mol. The maximum Gasteiger partial charge on any atom is 0.168 e. The molecule has 0 amide bonds. The molecule has 2 fully saturated rings. The molecule has 0 N–H and O–H groups in total. The zero-order valence-electron chi connectivity index (χ0n) is 9.02. The van der Waals surface area contributed by atoms with Gasteiger partial charge in [0.05, 0.1) is 5.75 Å². The van der Waals surface area contributed by atoms with Gasteiger partial charge < -0.3 is 0 Å². The van der Waals surface area contributed by atoms with Crippen LogP contribution >= 0.6 is 11.6 Å². The van der Waals surface area contributed by atoms with E-state index in [1.165, 1.54) is 0 Å². The fourth-order valence-electron chi connectivity index (χ4n) is 3.72. The highest BCUT2D eigenvalue weighted by Crippen LogP contribution is 2.63. The van der Waals surface area contributed by atoms with E-state index in [1.807, 2.05) is 18.2 Å². The minimum Gasteiger partial charge on any atom is -0.227 e. The molecule has 88 valence electrons. The Bertz CT molecular complexity index is 479. The lowest BCUT2D eigenvalue weighted by Gasteiger charge is -2.47. The molecule has 4 heteroatoms. The van der Waals surface area contributed by atoms with Crippen molar-refractivity contribution in [3.8, 4) is 0 Å². The molecule has 2 aliphatic carbocycles. The van der Waals surface area contributed by atoms with E-state index < -0.39 is 14.5 Å². The SMILES string of the molecule is O=S1(=O)C[C@]23C=CC=C[C@]2(CCCC3)[C@H]1Cl. The van der Waals surface area contributed by atoms with Gasteiger partial charge in [-0.15, -0.1) is 11.6 Å². The third-order valence-corrected chi connectivity index (χ3v) is 7.66. The maximum absolute atomic E-state index is 12.1. The summed E-state index contributed by atoms with van der Waals surface area (Å²) in [6.07, 6.45) is 12.1. The first-order valence-corrected chi connectivity index (χ1v) is 7.90. The van der Waals surface area contributed by atoms with E-state index in [-0.39, 0.29) is 16.6 Å². The van der Waals surface area contributed by atoms with Crippen molar-refractivity contribution >= 4 is 21.4 Å². The molecule has 3 aliphatic rings. The van der Waals surface area contributed by atoms with Crippen molar-refractivity contribution in [1.82, 2.24) is 0 Å². The molecular formula is C12H15ClO2S. The topological polar surface area (TPSA) is 34.1 Å². The first-order chi connectivity index (χ1) is 7.53. The van der Waals surface area contributed by atoms with Gasteiger partial charge in [-0.05, 0) is 12.8 Å². The fraction of sp³-hybridized carbons (Fsp3) is 0.667. The minimum absolute atomic E-state index is 0.217. The summed E-state index contributed by atoms with van der Waals surface area (Å²) in [6.45, 7) is 0. The Morgan fingerprint density at radius 3 is 2.56 bits per heavy atom. The van der Waals surface area contributed by atoms with Crippen molar-refractivity contribution in [3.05, 3.63) is 24.3 Å². The lowest BCUT2D eigenvalue weighted by molar-refractivity contribution is 0.122. The zero-order chi connectivity index (χ0) is 11.4. The van der Waals surface area contributed by atoms with Crippen molar-refractivity contribution in [1.29, 1.82) is 0 Å². The lowest BCUT2D eigenvalue weighted by atomic mass is 9.56. The number of alkyl halides is 1. The van der Waals surface area contributed by atoms with Gasteiger partial charge in [-0.2, -0.15) is 0 Å². The summed E-state index contributed by atoms with van der Waals surface area (Å²) < 4.78 is 23.4. The molecule has 0 aromatic carbocycles. The molecule has 0 unspecified atom stereocenters. The van der Waals surface area contributed by atoms with E-state index in [0.717, 1.165) is 25.7 Å². The van der Waals surface area contributed by atoms with Crippen LogP contribution in [0.2, 0.25) is 0 Å². The molecule has 0 spiro atoms. The van der Waals surface area contributed by atoms with E-state index in [9.17, 15) is 8.42 Å². The van der Waals surface area contributed by atoms with Gasteiger partial charge in [0, 0.05) is 10.8 Å². The van der Waals surface area contributed by atoms with Gasteiger partial charge >= 0.3 is 0 Å². The van der Waals surface area contributed by atoms with Crippen LogP contribution in [0, 0.1) is 10.8 Å². The molecule has 0 aromatic rings. The largest absolute Gasteiger partial charge is 0.227 e. The van der Waals surface area contributed by atoms with Crippen molar-refractivity contribution in [2.24, 2.45) is 10.8 Å². The van der Waals surface area contributed by atoms with Crippen LogP contribution in [0.25, 0.3) is 0 Å². The molecule has 1 saturated heterocycles. The summed E-state index contributed by atoms with van der Waals surface area (Å²) in [5.74, 6) is 0.231. The maximum atomic E-state index is 12.1. The number of hydrogen-bond acceptors (Lipinski definition) is 2. The molecule has 1 aliphatic heterocycles. The number of halogens is 1. The van der Waals surface area contributed by atoms with Crippen LogP contribution < -0.4 is 0 Å². The summed E-state index contributed by atoms with van der Waals surface area (Å²) in [4.78, 5) is 0. The van der Waals surface area contributed by atoms with E-state index in [0.29, 0.717) is 0 Å². The second kappa shape index (κ2) is 3.14. The van der Waals surface area contributed by atoms with Crippen LogP contribution in [-0.4, -0.2) is 18.9 Å². The average Bonchev–Trinajstić information content (AvgIpc) is 2.45. The van der Waals surface area contributed by atoms with Crippen LogP contribution in [0.4, 0.5) is 0 Å². The molecule has 0 aromatic heterocycles. The normalized spacial score (nSPS) is 48.7. The molecule has 2 nitrogen and oxygen atoms in total. The molecule has 16 heavy (non-hydrogen) atoms. The molecule has 3 rings (SSSR count). The third-order valence-electron chi connectivity index (χ3n) is 4.49. The lowest BCUT2D eigenvalue weighted by Crippen LogP contribution is -2.44. The smallest absolute Gasteiger partial charge is 0.168 e. The Hall–Kier alpha value is -0.280. The molecule has 1 heterocycles. The predicted octanol–water partition coefficient (Wildman–Crippen LogP) is 2.65. The van der Waals surface area contributed by atoms with Crippen molar-refractivity contribution in [2.75, 3.05) is 5.75 Å². The first kappa shape index (κ1) is 10.8. The summed E-state index contributed by atoms with van der Waals surface area (Å²) in [7, 11) is -3.15. The highest BCUT2D eigenvalue weighted by molar-refractivity contribution is 7.93. The first-order valence-electron chi connectivity index (χ1n) is 5.75. The molecular weight excluding hydrogens is 244 g/mol. The highest BCUT2D eigenvalue weighted by Gasteiger charge is 2.65. The van der Waals surface area contributed by atoms with Crippen LogP contribution in [0.15, 0.2) is 24.3 Å². The van der Waals surface area contributed by atoms with Gasteiger partial charge in [-0.1, -0.05) is 37.1 Å². The molecule has 0 bridgehead atoms. The number of allylic oxidation sites excluding steroid dienone is 4. The molecule has 3 atom stereocenters. The Balaban J connectivity index is 2.23. The van der Waals surface area contributed by atoms with E-state index >= 15 is 0 Å². The molecule has 0 radical (unpaired) electrons. The number of hydrogen-bond donors (Lipinski definition) is 0. The summed E-state index contributed by atoms with van der Waals surface area (Å²) >= 11 is 6.26. The van der Waals surface area contributed by atoms with Crippen LogP contribution in [0.5, 0.6) is 0 Å².